The number of carbonyl (C=O) groups excluding carboxylic acids is 2. The Morgan fingerprint density at radius 1 is 1.11 bits per heavy atom. The lowest BCUT2D eigenvalue weighted by Crippen LogP contribution is -2.71. The van der Waals surface area contributed by atoms with Crippen molar-refractivity contribution in [2.45, 2.75) is 49.7 Å². The second-order valence-corrected chi connectivity index (χ2v) is 11.4. The smallest absolute Gasteiger partial charge is 0.308 e. The fourth-order valence-electron chi connectivity index (χ4n) is 6.85. The van der Waals surface area contributed by atoms with Crippen LogP contribution in [0, 0.1) is 0 Å². The lowest BCUT2D eigenvalue weighted by Gasteiger charge is -2.59. The van der Waals surface area contributed by atoms with E-state index in [2.05, 4.69) is 18.9 Å². The van der Waals surface area contributed by atoms with Gasteiger partial charge in [-0.3, -0.25) is 9.59 Å². The molecule has 1 saturated carbocycles. The van der Waals surface area contributed by atoms with Crippen LogP contribution in [0.2, 0.25) is 0 Å². The fraction of sp³-hybridized carbons (Fsp3) is 0.375. The van der Waals surface area contributed by atoms with E-state index in [1.54, 1.807) is 6.07 Å². The highest BCUT2D eigenvalue weighted by atomic mass is 16.5. The summed E-state index contributed by atoms with van der Waals surface area (Å²) in [4.78, 5) is 25.0. The van der Waals surface area contributed by atoms with Crippen molar-refractivity contribution in [3.8, 4) is 5.75 Å². The summed E-state index contributed by atoms with van der Waals surface area (Å²) < 4.78 is 6.13. The summed E-state index contributed by atoms with van der Waals surface area (Å²) in [6.07, 6.45) is 4.54. The van der Waals surface area contributed by atoms with Gasteiger partial charge in [0.25, 0.3) is 5.91 Å². The summed E-state index contributed by atoms with van der Waals surface area (Å²) in [5.41, 5.74) is 0.0338. The molecule has 198 valence electrons. The van der Waals surface area contributed by atoms with Crippen molar-refractivity contribution < 1.29 is 23.9 Å². The Bertz CT molecular complexity index is 1390. The molecule has 4 atom stereocenters. The molecule has 1 saturated heterocycles. The molecule has 38 heavy (non-hydrogen) atoms. The molecule has 1 unspecified atom stereocenters. The highest BCUT2D eigenvalue weighted by molar-refractivity contribution is 5.98. The van der Waals surface area contributed by atoms with E-state index in [4.69, 9.17) is 4.74 Å². The number of piperidine rings is 1. The molecule has 6 heteroatoms. The number of amides is 1. The fourth-order valence-corrected chi connectivity index (χ4v) is 6.85. The third kappa shape index (κ3) is 4.86. The van der Waals surface area contributed by atoms with E-state index in [1.165, 1.54) is 6.92 Å². The van der Waals surface area contributed by atoms with Crippen LogP contribution >= 0.6 is 0 Å². The highest BCUT2D eigenvalue weighted by Gasteiger charge is 2.61. The molecule has 6 nitrogen and oxygen atoms in total. The van der Waals surface area contributed by atoms with Gasteiger partial charge in [0, 0.05) is 30.4 Å². The van der Waals surface area contributed by atoms with Gasteiger partial charge < -0.3 is 19.6 Å². The van der Waals surface area contributed by atoms with Crippen molar-refractivity contribution in [3.05, 3.63) is 90.5 Å². The molecule has 1 aliphatic carbocycles. The zero-order valence-corrected chi connectivity index (χ0v) is 22.3. The van der Waals surface area contributed by atoms with Gasteiger partial charge in [0.2, 0.25) is 0 Å². The SMILES string of the molecule is C=CC[N@@+]1(C)CC[C@@]2(c3cccc(OC(C)=O)c3)C[C@@H](NC(=O)c3ccc4ccccc4c3)CCC2(O)C1. The molecule has 2 fully saturated rings. The number of likely N-dealkylation sites (N-methyl/N-ethyl adjacent to an activating group) is 1. The van der Waals surface area contributed by atoms with Crippen molar-refractivity contribution in [1.82, 2.24) is 5.32 Å². The van der Waals surface area contributed by atoms with Crippen molar-refractivity contribution in [1.29, 1.82) is 0 Å². The molecule has 0 aromatic heterocycles. The first kappa shape index (κ1) is 26.1. The monoisotopic (exact) mass is 513 g/mol. The summed E-state index contributed by atoms with van der Waals surface area (Å²) in [5, 5.41) is 17.8. The second kappa shape index (κ2) is 10.0. The maximum atomic E-state index is 13.4. The van der Waals surface area contributed by atoms with Gasteiger partial charge in [-0.2, -0.15) is 0 Å². The summed E-state index contributed by atoms with van der Waals surface area (Å²) >= 11 is 0. The van der Waals surface area contributed by atoms with E-state index in [1.807, 2.05) is 66.7 Å². The van der Waals surface area contributed by atoms with Gasteiger partial charge in [-0.05, 0) is 65.9 Å². The molecule has 1 aliphatic heterocycles. The van der Waals surface area contributed by atoms with Gasteiger partial charge in [-0.15, -0.1) is 0 Å². The van der Waals surface area contributed by atoms with Crippen molar-refractivity contribution in [2.75, 3.05) is 26.7 Å². The molecule has 2 N–H and O–H groups in total. The highest BCUT2D eigenvalue weighted by Crippen LogP contribution is 2.53. The zero-order chi connectivity index (χ0) is 27.0. The van der Waals surface area contributed by atoms with Gasteiger partial charge in [-0.25, -0.2) is 0 Å². The average Bonchev–Trinajstić information content (AvgIpc) is 2.88. The largest absolute Gasteiger partial charge is 0.427 e. The van der Waals surface area contributed by atoms with Crippen molar-refractivity contribution >= 4 is 22.6 Å². The summed E-state index contributed by atoms with van der Waals surface area (Å²) in [6, 6.07) is 21.3. The average molecular weight is 514 g/mol. The Morgan fingerprint density at radius 2 is 1.89 bits per heavy atom. The quantitative estimate of drug-likeness (QED) is 0.216. The van der Waals surface area contributed by atoms with Gasteiger partial charge in [0.15, 0.2) is 0 Å². The van der Waals surface area contributed by atoms with Crippen molar-refractivity contribution in [3.63, 3.8) is 0 Å². The first-order chi connectivity index (χ1) is 18.2. The van der Waals surface area contributed by atoms with E-state index >= 15 is 0 Å². The van der Waals surface area contributed by atoms with Crippen LogP contribution in [-0.2, 0) is 10.2 Å². The Kier molecular flexibility index (Phi) is 6.88. The van der Waals surface area contributed by atoms with Crippen LogP contribution in [0.25, 0.3) is 10.8 Å². The number of esters is 1. The van der Waals surface area contributed by atoms with Crippen LogP contribution in [-0.4, -0.2) is 59.8 Å². The molecule has 1 heterocycles. The molecule has 3 aromatic rings. The zero-order valence-electron chi connectivity index (χ0n) is 22.3. The summed E-state index contributed by atoms with van der Waals surface area (Å²) in [5.74, 6) is -0.000919. The number of hydrogen-bond acceptors (Lipinski definition) is 4. The van der Waals surface area contributed by atoms with E-state index in [9.17, 15) is 14.7 Å². The minimum absolute atomic E-state index is 0.0945. The molecule has 1 amide bonds. The van der Waals surface area contributed by atoms with Gasteiger partial charge >= 0.3 is 5.97 Å². The summed E-state index contributed by atoms with van der Waals surface area (Å²) in [6.45, 7) is 7.59. The minimum atomic E-state index is -0.970. The van der Waals surface area contributed by atoms with Gasteiger partial charge in [0.05, 0.1) is 20.1 Å². The van der Waals surface area contributed by atoms with Crippen molar-refractivity contribution in [2.24, 2.45) is 0 Å². The number of likely N-dealkylation sites (tertiary alicyclic amines) is 1. The number of nitrogens with one attached hydrogen (secondary N) is 1. The normalized spacial score (nSPS) is 28.8. The molecule has 0 radical (unpaired) electrons. The Hall–Kier alpha value is -3.48. The van der Waals surface area contributed by atoms with Crippen LogP contribution in [0.1, 0.15) is 48.5 Å². The topological polar surface area (TPSA) is 75.6 Å². The number of benzene rings is 3. The maximum Gasteiger partial charge on any atom is 0.308 e. The molecular weight excluding hydrogens is 476 g/mol. The van der Waals surface area contributed by atoms with E-state index in [0.29, 0.717) is 37.1 Å². The summed E-state index contributed by atoms with van der Waals surface area (Å²) in [7, 11) is 2.17. The molecule has 2 aliphatic rings. The predicted molar refractivity (Wildman–Crippen MR) is 149 cm³/mol. The van der Waals surface area contributed by atoms with E-state index in [-0.39, 0.29) is 17.9 Å². The molecular formula is C32H37N2O4+. The minimum Gasteiger partial charge on any atom is -0.427 e. The van der Waals surface area contributed by atoms with Gasteiger partial charge in [0.1, 0.15) is 17.9 Å². The number of aliphatic hydroxyl groups is 1. The van der Waals surface area contributed by atoms with Crippen LogP contribution in [0.3, 0.4) is 0 Å². The number of rotatable bonds is 6. The molecule has 5 rings (SSSR count). The van der Waals surface area contributed by atoms with Crippen LogP contribution in [0.15, 0.2) is 79.4 Å². The number of fused-ring (bicyclic) bond motifs is 2. The van der Waals surface area contributed by atoms with Gasteiger partial charge in [-0.1, -0.05) is 49.0 Å². The predicted octanol–water partition coefficient (Wildman–Crippen LogP) is 4.75. The lowest BCUT2D eigenvalue weighted by molar-refractivity contribution is -0.918. The number of carbonyl (C=O) groups is 2. The number of hydrogen-bond donors (Lipinski definition) is 2. The van der Waals surface area contributed by atoms with Crippen LogP contribution in [0.5, 0.6) is 5.75 Å². The number of ether oxygens (including phenoxy) is 1. The number of nitrogens with zero attached hydrogens (tertiary/aromatic N) is 1. The maximum absolute atomic E-state index is 13.4. The Morgan fingerprint density at radius 3 is 2.66 bits per heavy atom. The first-order valence-corrected chi connectivity index (χ1v) is 13.4. The number of quaternary nitrogens is 1. The lowest BCUT2D eigenvalue weighted by atomic mass is 9.55. The second-order valence-electron chi connectivity index (χ2n) is 11.4. The molecule has 3 aromatic carbocycles. The molecule has 0 spiro atoms. The van der Waals surface area contributed by atoms with Crippen LogP contribution < -0.4 is 10.1 Å². The molecule has 0 bridgehead atoms. The Labute approximate surface area is 224 Å². The van der Waals surface area contributed by atoms with E-state index in [0.717, 1.165) is 40.3 Å². The Balaban J connectivity index is 1.46. The third-order valence-electron chi connectivity index (χ3n) is 8.68. The third-order valence-corrected chi connectivity index (χ3v) is 8.68. The van der Waals surface area contributed by atoms with E-state index < -0.39 is 11.0 Å². The van der Waals surface area contributed by atoms with Crippen LogP contribution in [0.4, 0.5) is 0 Å². The standard InChI is InChI=1S/C32H36N2O4/c1-4-17-34(3)18-16-31(27-10-7-11-29(20-27)38-23(2)35)21-28(14-15-32(31,37)22-34)33-30(36)26-13-12-24-8-5-6-9-25(24)19-26/h4-13,19-20,28,37H,1,14-18,21-22H2,2-3H3/p+1/t28-,31-,32?,34-/m0/s1. The first-order valence-electron chi connectivity index (χ1n) is 13.4.